The Balaban J connectivity index is 1.47. The lowest BCUT2D eigenvalue weighted by molar-refractivity contribution is -0.135. The summed E-state index contributed by atoms with van der Waals surface area (Å²) in [6, 6.07) is 10.2. The molecule has 3 amide bonds. The highest BCUT2D eigenvalue weighted by molar-refractivity contribution is 7.10. The van der Waals surface area contributed by atoms with E-state index in [0.717, 1.165) is 25.0 Å². The third-order valence-corrected chi connectivity index (χ3v) is 7.25. The van der Waals surface area contributed by atoms with E-state index in [1.807, 2.05) is 24.0 Å². The number of fused-ring (bicyclic) bond motifs is 1. The summed E-state index contributed by atoms with van der Waals surface area (Å²) in [5.41, 5.74) is 2.45. The summed E-state index contributed by atoms with van der Waals surface area (Å²) >= 11 is 1.74. The molecule has 1 aromatic carbocycles. The number of nitrogens with zero attached hydrogens (tertiary/aromatic N) is 2. The van der Waals surface area contributed by atoms with Gasteiger partial charge in [-0.2, -0.15) is 0 Å². The molecule has 1 atom stereocenters. The number of carbonyl (C=O) groups excluding carboxylic acids is 2. The van der Waals surface area contributed by atoms with Crippen molar-refractivity contribution in [1.82, 2.24) is 15.1 Å². The minimum atomic E-state index is -0.144. The maximum atomic E-state index is 13.4. The molecule has 0 radical (unpaired) electrons. The smallest absolute Gasteiger partial charge is 0.318 e. The first-order chi connectivity index (χ1) is 15.5. The molecule has 172 valence electrons. The van der Waals surface area contributed by atoms with Crippen molar-refractivity contribution in [3.63, 3.8) is 0 Å². The largest absolute Gasteiger partial charge is 0.491 e. The number of hydrogen-bond donors (Lipinski definition) is 1. The first kappa shape index (κ1) is 22.6. The lowest BCUT2D eigenvalue weighted by Crippen LogP contribution is -2.50. The van der Waals surface area contributed by atoms with Gasteiger partial charge in [0.1, 0.15) is 18.9 Å². The third-order valence-electron chi connectivity index (χ3n) is 6.25. The standard InChI is InChI=1S/C25H33N3O3S/c1-4-26-25(30)28(19-7-8-19)15-24(29)27-13-11-23-21(12-14-32-23)22(27)16-31-20-9-5-18(6-10-20)17(2)3/h5-6,9-10,12,14,17,19,22H,4,7-8,11,13,15-16H2,1-3H3,(H,26,30)/t22-/m0/s1. The Labute approximate surface area is 194 Å². The highest BCUT2D eigenvalue weighted by Gasteiger charge is 2.37. The van der Waals surface area contributed by atoms with E-state index in [1.54, 1.807) is 16.2 Å². The van der Waals surface area contributed by atoms with Crippen LogP contribution >= 0.6 is 11.3 Å². The average molecular weight is 456 g/mol. The van der Waals surface area contributed by atoms with Crippen LogP contribution in [0.1, 0.15) is 61.6 Å². The topological polar surface area (TPSA) is 61.9 Å². The van der Waals surface area contributed by atoms with Crippen LogP contribution in [-0.4, -0.2) is 54.0 Å². The molecular formula is C25H33N3O3S. The Bertz CT molecular complexity index is 936. The zero-order valence-electron chi connectivity index (χ0n) is 19.2. The SMILES string of the molecule is CCNC(=O)N(CC(=O)N1CCc2sccc2[C@@H]1COc1ccc(C(C)C)cc1)C1CC1. The van der Waals surface area contributed by atoms with Gasteiger partial charge >= 0.3 is 6.03 Å². The molecule has 1 aliphatic heterocycles. The summed E-state index contributed by atoms with van der Waals surface area (Å²) in [6.45, 7) is 7.98. The molecule has 2 aromatic rings. The van der Waals surface area contributed by atoms with Crippen molar-refractivity contribution in [1.29, 1.82) is 0 Å². The maximum Gasteiger partial charge on any atom is 0.318 e. The first-order valence-electron chi connectivity index (χ1n) is 11.6. The normalized spacial score (nSPS) is 17.8. The van der Waals surface area contributed by atoms with Crippen molar-refractivity contribution in [3.05, 3.63) is 51.7 Å². The first-order valence-corrected chi connectivity index (χ1v) is 12.5. The van der Waals surface area contributed by atoms with E-state index in [1.165, 1.54) is 16.0 Å². The number of urea groups is 1. The summed E-state index contributed by atoms with van der Waals surface area (Å²) in [4.78, 5) is 30.8. The van der Waals surface area contributed by atoms with Gasteiger partial charge in [0.2, 0.25) is 5.91 Å². The summed E-state index contributed by atoms with van der Waals surface area (Å²) in [7, 11) is 0. The summed E-state index contributed by atoms with van der Waals surface area (Å²) < 4.78 is 6.16. The van der Waals surface area contributed by atoms with Crippen molar-refractivity contribution >= 4 is 23.3 Å². The zero-order valence-corrected chi connectivity index (χ0v) is 20.0. The van der Waals surface area contributed by atoms with Gasteiger partial charge in [-0.15, -0.1) is 11.3 Å². The van der Waals surface area contributed by atoms with Crippen molar-refractivity contribution in [2.75, 3.05) is 26.2 Å². The van der Waals surface area contributed by atoms with Gasteiger partial charge in [0.05, 0.1) is 6.04 Å². The predicted octanol–water partition coefficient (Wildman–Crippen LogP) is 4.57. The molecule has 0 spiro atoms. The van der Waals surface area contributed by atoms with Crippen LogP contribution < -0.4 is 10.1 Å². The predicted molar refractivity (Wildman–Crippen MR) is 127 cm³/mol. The van der Waals surface area contributed by atoms with Crippen LogP contribution in [0.25, 0.3) is 0 Å². The molecule has 1 saturated carbocycles. The number of hydrogen-bond acceptors (Lipinski definition) is 4. The van der Waals surface area contributed by atoms with E-state index in [0.29, 0.717) is 25.6 Å². The average Bonchev–Trinajstić information content (AvgIpc) is 3.51. The van der Waals surface area contributed by atoms with Crippen molar-refractivity contribution in [2.45, 2.75) is 58.0 Å². The molecule has 0 bridgehead atoms. The van der Waals surface area contributed by atoms with Crippen LogP contribution in [0.3, 0.4) is 0 Å². The maximum absolute atomic E-state index is 13.4. The van der Waals surface area contributed by atoms with Gasteiger partial charge in [0.25, 0.3) is 0 Å². The van der Waals surface area contributed by atoms with E-state index in [2.05, 4.69) is 42.7 Å². The second-order valence-electron chi connectivity index (χ2n) is 8.88. The molecule has 2 heterocycles. The Hall–Kier alpha value is -2.54. The Morgan fingerprint density at radius 3 is 2.62 bits per heavy atom. The summed E-state index contributed by atoms with van der Waals surface area (Å²) in [6.07, 6.45) is 2.79. The van der Waals surface area contributed by atoms with E-state index >= 15 is 0 Å². The molecule has 4 rings (SSSR count). The Morgan fingerprint density at radius 1 is 1.22 bits per heavy atom. The number of nitrogens with one attached hydrogen (secondary N) is 1. The highest BCUT2D eigenvalue weighted by Crippen LogP contribution is 2.35. The fraction of sp³-hybridized carbons (Fsp3) is 0.520. The van der Waals surface area contributed by atoms with Crippen LogP contribution in [0.4, 0.5) is 4.79 Å². The monoisotopic (exact) mass is 455 g/mol. The van der Waals surface area contributed by atoms with Crippen LogP contribution in [0.15, 0.2) is 35.7 Å². The molecule has 7 heteroatoms. The van der Waals surface area contributed by atoms with Crippen LogP contribution in [0, 0.1) is 0 Å². The minimum absolute atomic E-state index is 0.0104. The van der Waals surface area contributed by atoms with Crippen LogP contribution in [-0.2, 0) is 11.2 Å². The van der Waals surface area contributed by atoms with Gasteiger partial charge in [0, 0.05) is 24.0 Å². The van der Waals surface area contributed by atoms with Crippen molar-refractivity contribution < 1.29 is 14.3 Å². The highest BCUT2D eigenvalue weighted by atomic mass is 32.1. The minimum Gasteiger partial charge on any atom is -0.491 e. The Kier molecular flexibility index (Phi) is 7.04. The van der Waals surface area contributed by atoms with Gasteiger partial charge in [-0.25, -0.2) is 4.79 Å². The Morgan fingerprint density at radius 2 is 1.97 bits per heavy atom. The van der Waals surface area contributed by atoms with Gasteiger partial charge in [-0.1, -0.05) is 26.0 Å². The second kappa shape index (κ2) is 9.94. The van der Waals surface area contributed by atoms with Crippen LogP contribution in [0.5, 0.6) is 5.75 Å². The van der Waals surface area contributed by atoms with E-state index in [4.69, 9.17) is 4.74 Å². The summed E-state index contributed by atoms with van der Waals surface area (Å²) in [5, 5.41) is 4.94. The fourth-order valence-electron chi connectivity index (χ4n) is 4.24. The zero-order chi connectivity index (χ0) is 22.7. The molecule has 1 aromatic heterocycles. The second-order valence-corrected chi connectivity index (χ2v) is 9.88. The lowest BCUT2D eigenvalue weighted by Gasteiger charge is -2.37. The van der Waals surface area contributed by atoms with Gasteiger partial charge in [-0.05, 0) is 66.8 Å². The quantitative estimate of drug-likeness (QED) is 0.634. The number of amides is 3. The molecule has 1 aliphatic carbocycles. The van der Waals surface area contributed by atoms with Crippen LogP contribution in [0.2, 0.25) is 0 Å². The fourth-order valence-corrected chi connectivity index (χ4v) is 5.17. The number of benzene rings is 1. The van der Waals surface area contributed by atoms with E-state index in [-0.39, 0.29) is 30.6 Å². The number of carbonyl (C=O) groups is 2. The number of thiophene rings is 1. The molecular weight excluding hydrogens is 422 g/mol. The van der Waals surface area contributed by atoms with Gasteiger partial charge < -0.3 is 19.9 Å². The van der Waals surface area contributed by atoms with Crippen molar-refractivity contribution in [3.8, 4) is 5.75 Å². The van der Waals surface area contributed by atoms with Gasteiger partial charge in [-0.3, -0.25) is 4.79 Å². The van der Waals surface area contributed by atoms with Gasteiger partial charge in [0.15, 0.2) is 0 Å². The number of ether oxygens (including phenoxy) is 1. The molecule has 1 fully saturated rings. The molecule has 2 aliphatic rings. The molecule has 32 heavy (non-hydrogen) atoms. The van der Waals surface area contributed by atoms with E-state index < -0.39 is 0 Å². The molecule has 6 nitrogen and oxygen atoms in total. The lowest BCUT2D eigenvalue weighted by atomic mass is 10.00. The summed E-state index contributed by atoms with van der Waals surface area (Å²) in [5.74, 6) is 1.28. The molecule has 0 unspecified atom stereocenters. The third kappa shape index (κ3) is 5.09. The molecule has 1 N–H and O–H groups in total. The van der Waals surface area contributed by atoms with Crippen molar-refractivity contribution in [2.24, 2.45) is 0 Å². The molecule has 0 saturated heterocycles. The number of rotatable bonds is 8. The van der Waals surface area contributed by atoms with E-state index in [9.17, 15) is 9.59 Å².